The summed E-state index contributed by atoms with van der Waals surface area (Å²) in [5, 5.41) is 3.80. The number of morpholine rings is 1. The molecule has 1 amide bonds. The van der Waals surface area contributed by atoms with Gasteiger partial charge in [0.25, 0.3) is 5.91 Å². The van der Waals surface area contributed by atoms with E-state index in [1.54, 1.807) is 0 Å². The van der Waals surface area contributed by atoms with Crippen LogP contribution < -0.4 is 10.1 Å². The molecule has 3 aromatic rings. The Bertz CT molecular complexity index is 962. The van der Waals surface area contributed by atoms with E-state index in [0.29, 0.717) is 35.8 Å². The van der Waals surface area contributed by atoms with E-state index in [2.05, 4.69) is 10.2 Å². The summed E-state index contributed by atoms with van der Waals surface area (Å²) in [6, 6.07) is 15.6. The third kappa shape index (κ3) is 4.78. The number of furan rings is 1. The van der Waals surface area contributed by atoms with Gasteiger partial charge in [-0.2, -0.15) is 0 Å². The first kappa shape index (κ1) is 19.5. The molecule has 6 heteroatoms. The second kappa shape index (κ2) is 9.11. The molecule has 1 aromatic heterocycles. The molecule has 2 aromatic carbocycles. The van der Waals surface area contributed by atoms with Gasteiger partial charge in [0.15, 0.2) is 0 Å². The zero-order chi connectivity index (χ0) is 20.1. The van der Waals surface area contributed by atoms with E-state index in [4.69, 9.17) is 13.9 Å². The molecule has 1 fully saturated rings. The summed E-state index contributed by atoms with van der Waals surface area (Å²) >= 11 is 0. The van der Waals surface area contributed by atoms with Crippen molar-refractivity contribution in [2.75, 3.05) is 39.4 Å². The minimum absolute atomic E-state index is 0.116. The van der Waals surface area contributed by atoms with E-state index in [1.807, 2.05) is 55.5 Å². The lowest BCUT2D eigenvalue weighted by atomic mass is 10.1. The zero-order valence-corrected chi connectivity index (χ0v) is 16.6. The highest BCUT2D eigenvalue weighted by molar-refractivity contribution is 6.07. The molecule has 29 heavy (non-hydrogen) atoms. The standard InChI is InChI=1S/C23H26N2O4/c1-17-22(23(26)24-9-10-25-11-13-27-14-12-25)20-15-19(7-8-21(20)29-17)28-16-18-5-3-2-4-6-18/h2-8,15H,9-14,16H2,1H3,(H,24,26). The zero-order valence-electron chi connectivity index (χ0n) is 16.6. The van der Waals surface area contributed by atoms with Gasteiger partial charge in [-0.1, -0.05) is 30.3 Å². The van der Waals surface area contributed by atoms with Gasteiger partial charge >= 0.3 is 0 Å². The van der Waals surface area contributed by atoms with E-state index in [9.17, 15) is 4.79 Å². The van der Waals surface area contributed by atoms with E-state index in [0.717, 1.165) is 43.8 Å². The molecular formula is C23H26N2O4. The van der Waals surface area contributed by atoms with Gasteiger partial charge in [0.1, 0.15) is 23.7 Å². The van der Waals surface area contributed by atoms with Crippen molar-refractivity contribution in [1.82, 2.24) is 10.2 Å². The summed E-state index contributed by atoms with van der Waals surface area (Å²) in [5.74, 6) is 1.21. The van der Waals surface area contributed by atoms with Crippen LogP contribution in [0, 0.1) is 6.92 Å². The van der Waals surface area contributed by atoms with Crippen LogP contribution in [-0.4, -0.2) is 50.2 Å². The molecule has 1 N–H and O–H groups in total. The number of fused-ring (bicyclic) bond motifs is 1. The number of benzene rings is 2. The molecule has 0 unspecified atom stereocenters. The normalized spacial score (nSPS) is 14.8. The highest BCUT2D eigenvalue weighted by Gasteiger charge is 2.19. The fraction of sp³-hybridized carbons (Fsp3) is 0.348. The minimum Gasteiger partial charge on any atom is -0.489 e. The van der Waals surface area contributed by atoms with Gasteiger partial charge in [0.05, 0.1) is 18.8 Å². The second-order valence-corrected chi connectivity index (χ2v) is 7.18. The average Bonchev–Trinajstić information content (AvgIpc) is 3.08. The molecule has 0 aliphatic carbocycles. The maximum absolute atomic E-state index is 12.8. The van der Waals surface area contributed by atoms with Gasteiger partial charge in [-0.3, -0.25) is 9.69 Å². The molecule has 0 saturated carbocycles. The van der Waals surface area contributed by atoms with Gasteiger partial charge in [-0.05, 0) is 30.7 Å². The summed E-state index contributed by atoms with van der Waals surface area (Å²) in [6.07, 6.45) is 0. The van der Waals surface area contributed by atoms with Crippen molar-refractivity contribution in [3.63, 3.8) is 0 Å². The third-order valence-electron chi connectivity index (χ3n) is 5.13. The number of hydrogen-bond donors (Lipinski definition) is 1. The summed E-state index contributed by atoms with van der Waals surface area (Å²) in [7, 11) is 0. The summed E-state index contributed by atoms with van der Waals surface area (Å²) < 4.78 is 17.1. The van der Waals surface area contributed by atoms with Crippen molar-refractivity contribution in [2.45, 2.75) is 13.5 Å². The van der Waals surface area contributed by atoms with E-state index in [1.165, 1.54) is 0 Å². The number of nitrogens with zero attached hydrogens (tertiary/aromatic N) is 1. The summed E-state index contributed by atoms with van der Waals surface area (Å²) in [6.45, 7) is 7.03. The Kier molecular flexibility index (Phi) is 6.12. The Morgan fingerprint density at radius 1 is 1.14 bits per heavy atom. The van der Waals surface area contributed by atoms with Crippen LogP contribution >= 0.6 is 0 Å². The molecule has 1 saturated heterocycles. The SMILES string of the molecule is Cc1oc2ccc(OCc3ccccc3)cc2c1C(=O)NCCN1CCOCC1. The lowest BCUT2D eigenvalue weighted by Gasteiger charge is -2.26. The Hall–Kier alpha value is -2.83. The number of hydrogen-bond acceptors (Lipinski definition) is 5. The number of aryl methyl sites for hydroxylation is 1. The van der Waals surface area contributed by atoms with Crippen molar-refractivity contribution in [3.05, 3.63) is 65.4 Å². The number of nitrogens with one attached hydrogen (secondary N) is 1. The Balaban J connectivity index is 1.43. The molecule has 4 rings (SSSR count). The molecule has 0 spiro atoms. The second-order valence-electron chi connectivity index (χ2n) is 7.18. The molecular weight excluding hydrogens is 368 g/mol. The topological polar surface area (TPSA) is 63.9 Å². The number of rotatable bonds is 7. The van der Waals surface area contributed by atoms with E-state index >= 15 is 0 Å². The molecule has 0 radical (unpaired) electrons. The molecule has 1 aliphatic rings. The monoisotopic (exact) mass is 394 g/mol. The average molecular weight is 394 g/mol. The van der Waals surface area contributed by atoms with Gasteiger partial charge < -0.3 is 19.2 Å². The minimum atomic E-state index is -0.116. The largest absolute Gasteiger partial charge is 0.489 e. The van der Waals surface area contributed by atoms with E-state index < -0.39 is 0 Å². The van der Waals surface area contributed by atoms with Crippen LogP contribution in [0.15, 0.2) is 52.9 Å². The fourth-order valence-corrected chi connectivity index (χ4v) is 3.55. The third-order valence-corrected chi connectivity index (χ3v) is 5.13. The van der Waals surface area contributed by atoms with Gasteiger partial charge in [0, 0.05) is 31.6 Å². The Morgan fingerprint density at radius 3 is 2.72 bits per heavy atom. The smallest absolute Gasteiger partial charge is 0.255 e. The van der Waals surface area contributed by atoms with Crippen molar-refractivity contribution in [1.29, 1.82) is 0 Å². The summed E-state index contributed by atoms with van der Waals surface area (Å²) in [4.78, 5) is 15.1. The first-order chi connectivity index (χ1) is 14.2. The highest BCUT2D eigenvalue weighted by Crippen LogP contribution is 2.29. The first-order valence-electron chi connectivity index (χ1n) is 9.99. The number of ether oxygens (including phenoxy) is 2. The van der Waals surface area contributed by atoms with Gasteiger partial charge in [-0.25, -0.2) is 0 Å². The van der Waals surface area contributed by atoms with Crippen LogP contribution in [-0.2, 0) is 11.3 Å². The maximum atomic E-state index is 12.8. The van der Waals surface area contributed by atoms with Crippen molar-refractivity contribution in [3.8, 4) is 5.75 Å². The predicted molar refractivity (Wildman–Crippen MR) is 111 cm³/mol. The molecule has 6 nitrogen and oxygen atoms in total. The molecule has 0 bridgehead atoms. The lowest BCUT2D eigenvalue weighted by Crippen LogP contribution is -2.41. The van der Waals surface area contributed by atoms with Crippen molar-refractivity contribution >= 4 is 16.9 Å². The molecule has 152 valence electrons. The first-order valence-corrected chi connectivity index (χ1v) is 9.99. The summed E-state index contributed by atoms with van der Waals surface area (Å²) in [5.41, 5.74) is 2.36. The lowest BCUT2D eigenvalue weighted by molar-refractivity contribution is 0.0383. The van der Waals surface area contributed by atoms with Crippen molar-refractivity contribution in [2.24, 2.45) is 0 Å². The van der Waals surface area contributed by atoms with Gasteiger partial charge in [-0.15, -0.1) is 0 Å². The van der Waals surface area contributed by atoms with Crippen LogP contribution in [0.1, 0.15) is 21.7 Å². The number of carbonyl (C=O) groups is 1. The Labute approximate surface area is 170 Å². The fourth-order valence-electron chi connectivity index (χ4n) is 3.55. The van der Waals surface area contributed by atoms with Crippen LogP contribution in [0.5, 0.6) is 5.75 Å². The quantitative estimate of drug-likeness (QED) is 0.666. The Morgan fingerprint density at radius 2 is 1.93 bits per heavy atom. The molecule has 1 aliphatic heterocycles. The van der Waals surface area contributed by atoms with Crippen LogP contribution in [0.25, 0.3) is 11.0 Å². The van der Waals surface area contributed by atoms with E-state index in [-0.39, 0.29) is 5.91 Å². The number of amides is 1. The highest BCUT2D eigenvalue weighted by atomic mass is 16.5. The van der Waals surface area contributed by atoms with Crippen LogP contribution in [0.3, 0.4) is 0 Å². The predicted octanol–water partition coefficient (Wildman–Crippen LogP) is 3.38. The number of carbonyl (C=O) groups excluding carboxylic acids is 1. The van der Waals surface area contributed by atoms with Crippen molar-refractivity contribution < 1.29 is 18.7 Å². The van der Waals surface area contributed by atoms with Gasteiger partial charge in [0.2, 0.25) is 0 Å². The van der Waals surface area contributed by atoms with Crippen LogP contribution in [0.4, 0.5) is 0 Å². The molecule has 2 heterocycles. The molecule has 0 atom stereocenters. The van der Waals surface area contributed by atoms with Crippen LogP contribution in [0.2, 0.25) is 0 Å². The maximum Gasteiger partial charge on any atom is 0.255 e.